The molecule has 0 spiro atoms. The zero-order valence-corrected chi connectivity index (χ0v) is 50.4. The molecule has 2 atom stereocenters. The smallest absolute Gasteiger partial charge is 0.305 e. The third-order valence-electron chi connectivity index (χ3n) is 16.1. The molecule has 0 heterocycles. The predicted octanol–water partition coefficient (Wildman–Crippen LogP) is 21.6. The zero-order chi connectivity index (χ0) is 53.6. The number of aliphatic hydroxyl groups is 2. The number of aliphatic hydroxyl groups excluding tert-OH is 2. The predicted molar refractivity (Wildman–Crippen MR) is 324 cm³/mol. The maximum absolute atomic E-state index is 12.5. The molecule has 0 aliphatic carbocycles. The van der Waals surface area contributed by atoms with Crippen molar-refractivity contribution in [2.45, 2.75) is 398 Å². The summed E-state index contributed by atoms with van der Waals surface area (Å²) in [5.74, 6) is -0.0458. The summed E-state index contributed by atoms with van der Waals surface area (Å²) in [6, 6.07) is -0.627. The summed E-state index contributed by atoms with van der Waals surface area (Å²) in [7, 11) is 0. The number of rotatable bonds is 64. The highest BCUT2D eigenvalue weighted by Gasteiger charge is 2.18. The third kappa shape index (κ3) is 59.8. The first kappa shape index (κ1) is 72.6. The number of hydrogen-bond acceptors (Lipinski definition) is 5. The van der Waals surface area contributed by atoms with E-state index in [0.717, 1.165) is 38.5 Å². The van der Waals surface area contributed by atoms with Crippen LogP contribution in [0.2, 0.25) is 0 Å². The lowest BCUT2D eigenvalue weighted by atomic mass is 10.0. The SMILES string of the molecule is CCCCCCCCCCCCCCCCCCCCC/C=C/C(O)C(CO)NC(=O)CCCCCCCCCCCCCCCCCCCCCCCCCCOC(=O)CCCCCCCCCCCCCC. The van der Waals surface area contributed by atoms with Crippen LogP contribution in [0.1, 0.15) is 386 Å². The van der Waals surface area contributed by atoms with Crippen molar-refractivity contribution in [3.05, 3.63) is 12.2 Å². The first-order chi connectivity index (χ1) is 36.5. The lowest BCUT2D eigenvalue weighted by molar-refractivity contribution is -0.143. The van der Waals surface area contributed by atoms with Crippen molar-refractivity contribution < 1.29 is 24.5 Å². The lowest BCUT2D eigenvalue weighted by Gasteiger charge is -2.20. The molecule has 0 rings (SSSR count). The quantitative estimate of drug-likeness (QED) is 0.0320. The van der Waals surface area contributed by atoms with Gasteiger partial charge in [0.15, 0.2) is 0 Å². The van der Waals surface area contributed by atoms with Crippen molar-refractivity contribution in [2.24, 2.45) is 0 Å². The minimum Gasteiger partial charge on any atom is -0.466 e. The summed E-state index contributed by atoms with van der Waals surface area (Å²) >= 11 is 0. The topological polar surface area (TPSA) is 95.9 Å². The summed E-state index contributed by atoms with van der Waals surface area (Å²) in [6.45, 7) is 4.94. The molecule has 0 saturated carbocycles. The number of esters is 1. The van der Waals surface area contributed by atoms with Gasteiger partial charge in [-0.25, -0.2) is 0 Å². The summed E-state index contributed by atoms with van der Waals surface area (Å²) < 4.78 is 5.48. The average molecular weight is 1040 g/mol. The Kier molecular flexibility index (Phi) is 62.9. The molecular formula is C68H133NO5. The number of allylic oxidation sites excluding steroid dienone is 1. The molecule has 440 valence electrons. The molecule has 0 aromatic carbocycles. The van der Waals surface area contributed by atoms with Gasteiger partial charge in [-0.2, -0.15) is 0 Å². The molecule has 0 saturated heterocycles. The van der Waals surface area contributed by atoms with Crippen LogP contribution >= 0.6 is 0 Å². The van der Waals surface area contributed by atoms with Gasteiger partial charge in [-0.15, -0.1) is 0 Å². The van der Waals surface area contributed by atoms with Crippen molar-refractivity contribution in [2.75, 3.05) is 13.2 Å². The van der Waals surface area contributed by atoms with Crippen LogP contribution in [0.25, 0.3) is 0 Å². The van der Waals surface area contributed by atoms with E-state index in [4.69, 9.17) is 4.74 Å². The number of nitrogens with one attached hydrogen (secondary N) is 1. The van der Waals surface area contributed by atoms with Gasteiger partial charge >= 0.3 is 5.97 Å². The van der Waals surface area contributed by atoms with E-state index in [1.807, 2.05) is 6.08 Å². The van der Waals surface area contributed by atoms with E-state index in [1.54, 1.807) is 6.08 Å². The van der Waals surface area contributed by atoms with Crippen LogP contribution in [-0.2, 0) is 14.3 Å². The zero-order valence-electron chi connectivity index (χ0n) is 50.4. The highest BCUT2D eigenvalue weighted by Crippen LogP contribution is 2.19. The van der Waals surface area contributed by atoms with Gasteiger partial charge in [-0.3, -0.25) is 9.59 Å². The number of carbonyl (C=O) groups excluding carboxylic acids is 2. The van der Waals surface area contributed by atoms with E-state index in [0.29, 0.717) is 19.4 Å². The molecule has 3 N–H and O–H groups in total. The maximum atomic E-state index is 12.5. The normalized spacial score (nSPS) is 12.5. The fourth-order valence-corrected chi connectivity index (χ4v) is 10.9. The molecular weight excluding hydrogens is 911 g/mol. The minimum atomic E-state index is -0.844. The Balaban J connectivity index is 3.39. The van der Waals surface area contributed by atoms with Crippen molar-refractivity contribution in [1.82, 2.24) is 5.32 Å². The van der Waals surface area contributed by atoms with Crippen LogP contribution < -0.4 is 5.32 Å². The van der Waals surface area contributed by atoms with Crippen molar-refractivity contribution in [1.29, 1.82) is 0 Å². The first-order valence-electron chi connectivity index (χ1n) is 34.0. The Bertz CT molecular complexity index is 1110. The van der Waals surface area contributed by atoms with E-state index >= 15 is 0 Å². The summed E-state index contributed by atoms with van der Waals surface area (Å²) in [5.41, 5.74) is 0. The monoisotopic (exact) mass is 1040 g/mol. The van der Waals surface area contributed by atoms with Gasteiger partial charge in [0.2, 0.25) is 5.91 Å². The molecule has 6 nitrogen and oxygen atoms in total. The van der Waals surface area contributed by atoms with Crippen molar-refractivity contribution >= 4 is 11.9 Å². The largest absolute Gasteiger partial charge is 0.466 e. The molecule has 74 heavy (non-hydrogen) atoms. The number of ether oxygens (including phenoxy) is 1. The lowest BCUT2D eigenvalue weighted by Crippen LogP contribution is -2.45. The Hall–Kier alpha value is -1.40. The van der Waals surface area contributed by atoms with Gasteiger partial charge in [0, 0.05) is 12.8 Å². The second-order valence-electron chi connectivity index (χ2n) is 23.5. The van der Waals surface area contributed by atoms with Gasteiger partial charge in [-0.05, 0) is 32.1 Å². The summed E-state index contributed by atoms with van der Waals surface area (Å²) in [5, 5.41) is 23.2. The van der Waals surface area contributed by atoms with Gasteiger partial charge in [0.25, 0.3) is 0 Å². The number of unbranched alkanes of at least 4 members (excludes halogenated alkanes) is 53. The van der Waals surface area contributed by atoms with Gasteiger partial charge in [0.1, 0.15) is 0 Å². The van der Waals surface area contributed by atoms with Crippen LogP contribution in [0.15, 0.2) is 12.2 Å². The van der Waals surface area contributed by atoms with E-state index in [9.17, 15) is 19.8 Å². The Morgan fingerprint density at radius 3 is 0.919 bits per heavy atom. The van der Waals surface area contributed by atoms with E-state index in [1.165, 1.54) is 321 Å². The Morgan fingerprint density at radius 2 is 0.622 bits per heavy atom. The van der Waals surface area contributed by atoms with Crippen molar-refractivity contribution in [3.63, 3.8) is 0 Å². The standard InChI is InChI=1S/C68H133NO5/c1-3-5-7-9-11-13-15-17-18-19-20-25-28-31-34-37-40-44-48-52-56-60-66(71)65(64-70)69-67(72)61-57-53-49-45-41-38-35-32-29-26-23-21-22-24-27-30-33-36-39-43-47-51-55-59-63-74-68(73)62-58-54-50-46-42-16-14-12-10-8-6-4-2/h56,60,65-66,70-71H,3-55,57-59,61-64H2,1-2H3,(H,69,72)/b60-56+. The van der Waals surface area contributed by atoms with Crippen LogP contribution in [0.5, 0.6) is 0 Å². The fraction of sp³-hybridized carbons (Fsp3) is 0.941. The average Bonchev–Trinajstić information content (AvgIpc) is 3.40. The first-order valence-corrected chi connectivity index (χ1v) is 34.0. The summed E-state index contributed by atoms with van der Waals surface area (Å²) in [6.07, 6.45) is 78.5. The second kappa shape index (κ2) is 64.1. The van der Waals surface area contributed by atoms with E-state index in [-0.39, 0.29) is 18.5 Å². The molecule has 0 aromatic rings. The van der Waals surface area contributed by atoms with Crippen LogP contribution in [0.4, 0.5) is 0 Å². The van der Waals surface area contributed by atoms with Crippen LogP contribution in [-0.4, -0.2) is 47.4 Å². The molecule has 2 unspecified atom stereocenters. The molecule has 0 bridgehead atoms. The molecule has 6 heteroatoms. The van der Waals surface area contributed by atoms with Crippen LogP contribution in [0, 0.1) is 0 Å². The van der Waals surface area contributed by atoms with Gasteiger partial charge in [-0.1, -0.05) is 353 Å². The van der Waals surface area contributed by atoms with Crippen molar-refractivity contribution in [3.8, 4) is 0 Å². The van der Waals surface area contributed by atoms with Gasteiger partial charge < -0.3 is 20.3 Å². The third-order valence-corrected chi connectivity index (χ3v) is 16.1. The highest BCUT2D eigenvalue weighted by atomic mass is 16.5. The molecule has 0 radical (unpaired) electrons. The number of carbonyl (C=O) groups is 2. The number of hydrogen-bond donors (Lipinski definition) is 3. The summed E-state index contributed by atoms with van der Waals surface area (Å²) in [4.78, 5) is 24.5. The highest BCUT2D eigenvalue weighted by molar-refractivity contribution is 5.76. The molecule has 0 aliphatic heterocycles. The molecule has 0 aliphatic rings. The fourth-order valence-electron chi connectivity index (χ4n) is 10.9. The molecule has 0 fully saturated rings. The maximum Gasteiger partial charge on any atom is 0.305 e. The van der Waals surface area contributed by atoms with E-state index in [2.05, 4.69) is 19.2 Å². The van der Waals surface area contributed by atoms with E-state index < -0.39 is 12.1 Å². The Labute approximate surface area is 463 Å². The Morgan fingerprint density at radius 1 is 0.365 bits per heavy atom. The molecule has 1 amide bonds. The number of amides is 1. The van der Waals surface area contributed by atoms with Gasteiger partial charge in [0.05, 0.1) is 25.4 Å². The second-order valence-corrected chi connectivity index (χ2v) is 23.5. The molecule has 0 aromatic heterocycles. The van der Waals surface area contributed by atoms with Crippen LogP contribution in [0.3, 0.4) is 0 Å². The minimum absolute atomic E-state index is 0.0166.